The zero-order chi connectivity index (χ0) is 26.2. The molecule has 1 amide bonds. The van der Waals surface area contributed by atoms with Gasteiger partial charge in [0.2, 0.25) is 0 Å². The van der Waals surface area contributed by atoms with Crippen LogP contribution in [-0.2, 0) is 12.6 Å². The first-order chi connectivity index (χ1) is 17.8. The van der Waals surface area contributed by atoms with Crippen LogP contribution in [0.5, 0.6) is 0 Å². The summed E-state index contributed by atoms with van der Waals surface area (Å²) >= 11 is 0. The number of aryl methyl sites for hydroxylation is 1. The van der Waals surface area contributed by atoms with E-state index >= 15 is 0 Å². The lowest BCUT2D eigenvalue weighted by atomic mass is 9.81. The van der Waals surface area contributed by atoms with E-state index in [0.29, 0.717) is 59.8 Å². The first-order valence-electron chi connectivity index (χ1n) is 12.4. The Balaban J connectivity index is 1.35. The molecule has 4 heterocycles. The highest BCUT2D eigenvalue weighted by molar-refractivity contribution is 5.99. The van der Waals surface area contributed by atoms with Crippen LogP contribution in [0, 0.1) is 11.3 Å². The third-order valence-electron chi connectivity index (χ3n) is 6.87. The maximum absolute atomic E-state index is 13.3. The minimum atomic E-state index is -0.978. The molecule has 4 aromatic rings. The van der Waals surface area contributed by atoms with Crippen molar-refractivity contribution in [1.82, 2.24) is 29.4 Å². The summed E-state index contributed by atoms with van der Waals surface area (Å²) in [5, 5.41) is 27.6. The molecule has 0 spiro atoms. The molecule has 5 rings (SSSR count). The summed E-state index contributed by atoms with van der Waals surface area (Å²) in [7, 11) is 1.88. The fraction of sp³-hybridized carbons (Fsp3) is 0.370. The lowest BCUT2D eigenvalue weighted by molar-refractivity contribution is -0.0180. The second-order valence-corrected chi connectivity index (χ2v) is 9.96. The zero-order valence-electron chi connectivity index (χ0n) is 21.1. The topological polar surface area (TPSA) is 134 Å². The van der Waals surface area contributed by atoms with Crippen molar-refractivity contribution < 1.29 is 9.90 Å². The minimum absolute atomic E-state index is 0.0495. The molecular formula is C27H30N8O2. The van der Waals surface area contributed by atoms with Crippen LogP contribution < -0.4 is 10.6 Å². The van der Waals surface area contributed by atoms with Crippen molar-refractivity contribution in [2.75, 3.05) is 5.32 Å². The molecule has 1 saturated carbocycles. The van der Waals surface area contributed by atoms with E-state index in [0.717, 1.165) is 5.39 Å². The number of imidazole rings is 1. The van der Waals surface area contributed by atoms with Crippen molar-refractivity contribution in [3.63, 3.8) is 0 Å². The van der Waals surface area contributed by atoms with Gasteiger partial charge in [0.1, 0.15) is 29.0 Å². The molecule has 0 atom stereocenters. The summed E-state index contributed by atoms with van der Waals surface area (Å²) in [6.07, 6.45) is 10.8. The van der Waals surface area contributed by atoms with Gasteiger partial charge in [-0.2, -0.15) is 5.26 Å². The molecule has 4 aromatic heterocycles. The average molecular weight is 499 g/mol. The minimum Gasteiger partial charge on any atom is -0.382 e. The lowest BCUT2D eigenvalue weighted by Crippen LogP contribution is -2.43. The van der Waals surface area contributed by atoms with Crippen molar-refractivity contribution >= 4 is 22.6 Å². The van der Waals surface area contributed by atoms with E-state index in [9.17, 15) is 9.90 Å². The first kappa shape index (κ1) is 24.5. The number of carbonyl (C=O) groups is 1. The predicted octanol–water partition coefficient (Wildman–Crippen LogP) is 3.41. The Morgan fingerprint density at radius 2 is 1.97 bits per heavy atom. The van der Waals surface area contributed by atoms with Gasteiger partial charge in [0.25, 0.3) is 5.91 Å². The summed E-state index contributed by atoms with van der Waals surface area (Å²) in [4.78, 5) is 26.6. The quantitative estimate of drug-likeness (QED) is 0.371. The Kier molecular flexibility index (Phi) is 6.39. The SMILES string of the molecule is CC(C)Nc1cc(-n2ccc3cc(C#N)cnc32)ncc1C(=O)NC1CCC(O)(c2nccn2C)CC1. The van der Waals surface area contributed by atoms with Crippen molar-refractivity contribution in [3.05, 3.63) is 66.1 Å². The van der Waals surface area contributed by atoms with Crippen LogP contribution in [0.2, 0.25) is 0 Å². The summed E-state index contributed by atoms with van der Waals surface area (Å²) in [5.74, 6) is 1.07. The molecule has 0 aromatic carbocycles. The molecule has 0 unspecified atom stereocenters. The van der Waals surface area contributed by atoms with Crippen molar-refractivity contribution in [2.24, 2.45) is 7.05 Å². The number of fused-ring (bicyclic) bond motifs is 1. The Morgan fingerprint density at radius 1 is 1.19 bits per heavy atom. The van der Waals surface area contributed by atoms with Crippen LogP contribution in [0.1, 0.15) is 61.3 Å². The second kappa shape index (κ2) is 9.67. The van der Waals surface area contributed by atoms with Crippen LogP contribution >= 0.6 is 0 Å². The van der Waals surface area contributed by atoms with E-state index in [1.807, 2.05) is 54.6 Å². The van der Waals surface area contributed by atoms with Crippen LogP contribution in [-0.4, -0.2) is 47.2 Å². The number of aromatic nitrogens is 5. The summed E-state index contributed by atoms with van der Waals surface area (Å²) in [5.41, 5.74) is 1.33. The number of amides is 1. The Morgan fingerprint density at radius 3 is 2.65 bits per heavy atom. The molecule has 1 aliphatic carbocycles. The monoisotopic (exact) mass is 498 g/mol. The van der Waals surface area contributed by atoms with Crippen molar-refractivity contribution in [2.45, 2.75) is 57.2 Å². The highest BCUT2D eigenvalue weighted by Crippen LogP contribution is 2.36. The number of carbonyl (C=O) groups excluding carboxylic acids is 1. The fourth-order valence-electron chi connectivity index (χ4n) is 5.00. The Labute approximate surface area is 215 Å². The predicted molar refractivity (Wildman–Crippen MR) is 139 cm³/mol. The molecule has 190 valence electrons. The molecule has 0 radical (unpaired) electrons. The van der Waals surface area contributed by atoms with Gasteiger partial charge < -0.3 is 20.3 Å². The number of aliphatic hydroxyl groups is 1. The molecule has 0 aliphatic heterocycles. The number of nitrogens with zero attached hydrogens (tertiary/aromatic N) is 6. The second-order valence-electron chi connectivity index (χ2n) is 9.96. The molecule has 1 aliphatic rings. The van der Waals surface area contributed by atoms with Gasteiger partial charge in [-0.3, -0.25) is 9.36 Å². The highest BCUT2D eigenvalue weighted by atomic mass is 16.3. The summed E-state index contributed by atoms with van der Waals surface area (Å²) in [6.45, 7) is 4.02. The van der Waals surface area contributed by atoms with Gasteiger partial charge in [-0.05, 0) is 51.7 Å². The zero-order valence-corrected chi connectivity index (χ0v) is 21.1. The molecule has 10 nitrogen and oxygen atoms in total. The molecule has 0 bridgehead atoms. The van der Waals surface area contributed by atoms with Gasteiger partial charge in [0.05, 0.1) is 16.8 Å². The van der Waals surface area contributed by atoms with Crippen LogP contribution in [0.4, 0.5) is 5.69 Å². The molecule has 1 fully saturated rings. The number of nitriles is 1. The van der Waals surface area contributed by atoms with E-state index in [4.69, 9.17) is 5.26 Å². The van der Waals surface area contributed by atoms with E-state index in [1.54, 1.807) is 18.5 Å². The number of anilines is 1. The Bertz CT molecular complexity index is 1490. The largest absolute Gasteiger partial charge is 0.382 e. The van der Waals surface area contributed by atoms with Crippen LogP contribution in [0.25, 0.3) is 16.9 Å². The smallest absolute Gasteiger partial charge is 0.255 e. The number of nitrogens with one attached hydrogen (secondary N) is 2. The van der Waals surface area contributed by atoms with Gasteiger partial charge in [0, 0.05) is 61.6 Å². The molecular weight excluding hydrogens is 468 g/mol. The van der Waals surface area contributed by atoms with Gasteiger partial charge in [-0.1, -0.05) is 0 Å². The number of hydrogen-bond acceptors (Lipinski definition) is 7. The molecule has 10 heteroatoms. The number of hydrogen-bond donors (Lipinski definition) is 3. The third-order valence-corrected chi connectivity index (χ3v) is 6.87. The van der Waals surface area contributed by atoms with Crippen molar-refractivity contribution in [1.29, 1.82) is 5.26 Å². The molecule has 0 saturated heterocycles. The summed E-state index contributed by atoms with van der Waals surface area (Å²) < 4.78 is 3.69. The van der Waals surface area contributed by atoms with Gasteiger partial charge >= 0.3 is 0 Å². The van der Waals surface area contributed by atoms with Crippen LogP contribution in [0.3, 0.4) is 0 Å². The van der Waals surface area contributed by atoms with E-state index in [1.165, 1.54) is 6.20 Å². The van der Waals surface area contributed by atoms with Crippen LogP contribution in [0.15, 0.2) is 49.2 Å². The first-order valence-corrected chi connectivity index (χ1v) is 12.4. The third kappa shape index (κ3) is 4.78. The molecule has 3 N–H and O–H groups in total. The highest BCUT2D eigenvalue weighted by Gasteiger charge is 2.38. The summed E-state index contributed by atoms with van der Waals surface area (Å²) in [6, 6.07) is 7.67. The standard InChI is InChI=1S/C27H30N8O2/c1-17(2)32-22-13-23(35-10-6-19-12-18(14-28)15-31-24(19)35)30-16-21(22)25(36)33-20-4-7-27(37,8-5-20)26-29-9-11-34(26)3/h6,9-13,15-17,20,37H,4-5,7-8H2,1-3H3,(H,30,32)(H,33,36). The van der Waals surface area contributed by atoms with Gasteiger partial charge in [-0.25, -0.2) is 15.0 Å². The van der Waals surface area contributed by atoms with Gasteiger partial charge in [0.15, 0.2) is 0 Å². The lowest BCUT2D eigenvalue weighted by Gasteiger charge is -2.35. The maximum Gasteiger partial charge on any atom is 0.255 e. The van der Waals surface area contributed by atoms with E-state index < -0.39 is 5.60 Å². The Hall–Kier alpha value is -4.23. The maximum atomic E-state index is 13.3. The average Bonchev–Trinajstić information content (AvgIpc) is 3.51. The number of rotatable bonds is 6. The number of pyridine rings is 2. The fourth-order valence-corrected chi connectivity index (χ4v) is 5.00. The molecule has 37 heavy (non-hydrogen) atoms. The van der Waals surface area contributed by atoms with E-state index in [2.05, 4.69) is 31.7 Å². The van der Waals surface area contributed by atoms with E-state index in [-0.39, 0.29) is 18.0 Å². The van der Waals surface area contributed by atoms with Crippen molar-refractivity contribution in [3.8, 4) is 11.9 Å². The normalized spacial score (nSPS) is 19.6. The van der Waals surface area contributed by atoms with Gasteiger partial charge in [-0.15, -0.1) is 0 Å².